The van der Waals surface area contributed by atoms with Crippen LogP contribution < -0.4 is 11.1 Å². The van der Waals surface area contributed by atoms with Gasteiger partial charge in [-0.25, -0.2) is 4.68 Å². The van der Waals surface area contributed by atoms with Gasteiger partial charge in [-0.15, -0.1) is 0 Å². The fraction of sp³-hybridized carbons (Fsp3) is 0.500. The monoisotopic (exact) mass is 248 g/mol. The Hall–Kier alpha value is -1.98. The molecule has 98 valence electrons. The lowest BCUT2D eigenvalue weighted by Gasteiger charge is -2.15. The maximum Gasteiger partial charge on any atom is 0.148 e. The highest BCUT2D eigenvalue weighted by Gasteiger charge is 2.15. The minimum Gasteiger partial charge on any atom is -0.394 e. The van der Waals surface area contributed by atoms with Crippen molar-refractivity contribution >= 4 is 11.5 Å². The van der Waals surface area contributed by atoms with Crippen molar-refractivity contribution in [2.75, 3.05) is 11.1 Å². The summed E-state index contributed by atoms with van der Waals surface area (Å²) in [6.45, 7) is 6.84. The molecule has 0 aliphatic heterocycles. The third kappa shape index (κ3) is 2.18. The third-order valence-corrected chi connectivity index (χ3v) is 3.05. The Morgan fingerprint density at radius 1 is 1.50 bits per heavy atom. The summed E-state index contributed by atoms with van der Waals surface area (Å²) in [6, 6.07) is 0.141. The molecule has 1 unspecified atom stereocenters. The van der Waals surface area contributed by atoms with Crippen LogP contribution in [0.3, 0.4) is 0 Å². The van der Waals surface area contributed by atoms with Crippen molar-refractivity contribution in [3.63, 3.8) is 0 Å². The molecular formula is C12H20N6. The Kier molecular flexibility index (Phi) is 3.27. The molecule has 0 saturated heterocycles. The summed E-state index contributed by atoms with van der Waals surface area (Å²) in [5, 5.41) is 12.0. The Balaban J connectivity index is 2.23. The number of anilines is 2. The van der Waals surface area contributed by atoms with Crippen LogP contribution in [0.2, 0.25) is 0 Å². The van der Waals surface area contributed by atoms with E-state index < -0.39 is 0 Å². The van der Waals surface area contributed by atoms with Crippen molar-refractivity contribution in [1.29, 1.82) is 0 Å². The van der Waals surface area contributed by atoms with Crippen molar-refractivity contribution in [2.24, 2.45) is 7.05 Å². The van der Waals surface area contributed by atoms with E-state index in [2.05, 4.69) is 22.4 Å². The summed E-state index contributed by atoms with van der Waals surface area (Å²) in [6.07, 6.45) is 3.85. The summed E-state index contributed by atoms with van der Waals surface area (Å²) in [7, 11) is 1.91. The van der Waals surface area contributed by atoms with Gasteiger partial charge in [0, 0.05) is 25.4 Å². The van der Waals surface area contributed by atoms with Gasteiger partial charge in [-0.3, -0.25) is 4.68 Å². The SMILES string of the molecule is CCn1nc(C)c(N)c1NC(C)c1cnn(C)c1. The molecule has 0 aliphatic carbocycles. The molecule has 0 aliphatic rings. The molecule has 1 atom stereocenters. The average Bonchev–Trinajstić information content (AvgIpc) is 2.88. The van der Waals surface area contributed by atoms with Crippen LogP contribution in [0.1, 0.15) is 31.1 Å². The van der Waals surface area contributed by atoms with Gasteiger partial charge < -0.3 is 11.1 Å². The van der Waals surface area contributed by atoms with E-state index in [1.807, 2.05) is 38.0 Å². The molecule has 0 saturated carbocycles. The number of nitrogens with two attached hydrogens (primary N) is 1. The van der Waals surface area contributed by atoms with Crippen molar-refractivity contribution in [3.8, 4) is 0 Å². The van der Waals surface area contributed by atoms with Crippen LogP contribution in [0, 0.1) is 6.92 Å². The van der Waals surface area contributed by atoms with Crippen LogP contribution in [-0.4, -0.2) is 19.6 Å². The predicted molar refractivity (Wildman–Crippen MR) is 72.3 cm³/mol. The topological polar surface area (TPSA) is 73.7 Å². The van der Waals surface area contributed by atoms with E-state index in [4.69, 9.17) is 5.73 Å². The van der Waals surface area contributed by atoms with Gasteiger partial charge in [-0.05, 0) is 20.8 Å². The Labute approximate surface area is 107 Å². The smallest absolute Gasteiger partial charge is 0.148 e. The Bertz CT molecular complexity index is 539. The third-order valence-electron chi connectivity index (χ3n) is 3.05. The zero-order valence-electron chi connectivity index (χ0n) is 11.3. The number of nitrogens with zero attached hydrogens (tertiary/aromatic N) is 4. The van der Waals surface area contributed by atoms with E-state index in [1.165, 1.54) is 0 Å². The van der Waals surface area contributed by atoms with Crippen LogP contribution in [0.5, 0.6) is 0 Å². The number of nitrogen functional groups attached to an aromatic ring is 1. The van der Waals surface area contributed by atoms with Gasteiger partial charge in [-0.1, -0.05) is 0 Å². The van der Waals surface area contributed by atoms with Crippen molar-refractivity contribution < 1.29 is 0 Å². The maximum atomic E-state index is 6.04. The van der Waals surface area contributed by atoms with Crippen LogP contribution in [-0.2, 0) is 13.6 Å². The molecule has 2 rings (SSSR count). The summed E-state index contributed by atoms with van der Waals surface area (Å²) in [5.74, 6) is 0.881. The van der Waals surface area contributed by atoms with E-state index in [0.717, 1.165) is 23.6 Å². The average molecular weight is 248 g/mol. The highest BCUT2D eigenvalue weighted by atomic mass is 15.3. The van der Waals surface area contributed by atoms with Crippen molar-refractivity contribution in [3.05, 3.63) is 23.7 Å². The molecule has 3 N–H and O–H groups in total. The maximum absolute atomic E-state index is 6.04. The van der Waals surface area contributed by atoms with E-state index in [9.17, 15) is 0 Å². The Morgan fingerprint density at radius 2 is 2.22 bits per heavy atom. The summed E-state index contributed by atoms with van der Waals surface area (Å²) in [4.78, 5) is 0. The molecule has 6 nitrogen and oxygen atoms in total. The van der Waals surface area contributed by atoms with Gasteiger partial charge in [0.25, 0.3) is 0 Å². The second-order valence-electron chi connectivity index (χ2n) is 4.48. The molecule has 0 amide bonds. The number of aryl methyl sites for hydroxylation is 3. The summed E-state index contributed by atoms with van der Waals surface area (Å²) in [5.41, 5.74) is 8.74. The van der Waals surface area contributed by atoms with E-state index in [-0.39, 0.29) is 6.04 Å². The van der Waals surface area contributed by atoms with Gasteiger partial charge in [0.2, 0.25) is 0 Å². The first-order valence-corrected chi connectivity index (χ1v) is 6.10. The zero-order valence-corrected chi connectivity index (χ0v) is 11.3. The molecule has 2 aromatic heterocycles. The molecule has 2 heterocycles. The van der Waals surface area contributed by atoms with Crippen LogP contribution in [0.25, 0.3) is 0 Å². The fourth-order valence-corrected chi connectivity index (χ4v) is 1.93. The summed E-state index contributed by atoms with van der Waals surface area (Å²) >= 11 is 0. The zero-order chi connectivity index (χ0) is 13.3. The van der Waals surface area contributed by atoms with Crippen LogP contribution in [0.4, 0.5) is 11.5 Å². The first kappa shape index (κ1) is 12.5. The molecular weight excluding hydrogens is 228 g/mol. The lowest BCUT2D eigenvalue weighted by Crippen LogP contribution is -2.12. The lowest BCUT2D eigenvalue weighted by molar-refractivity contribution is 0.651. The number of nitrogens with one attached hydrogen (secondary N) is 1. The second-order valence-corrected chi connectivity index (χ2v) is 4.48. The van der Waals surface area contributed by atoms with E-state index >= 15 is 0 Å². The lowest BCUT2D eigenvalue weighted by atomic mass is 10.2. The van der Waals surface area contributed by atoms with Crippen LogP contribution >= 0.6 is 0 Å². The largest absolute Gasteiger partial charge is 0.394 e. The molecule has 0 bridgehead atoms. The highest BCUT2D eigenvalue weighted by molar-refractivity contribution is 5.65. The standard InChI is InChI=1S/C12H20N6/c1-5-18-12(11(13)9(3)16-18)15-8(2)10-6-14-17(4)7-10/h6-8,15H,5,13H2,1-4H3. The molecule has 6 heteroatoms. The second kappa shape index (κ2) is 4.72. The fourth-order valence-electron chi connectivity index (χ4n) is 1.93. The number of aromatic nitrogens is 4. The van der Waals surface area contributed by atoms with Gasteiger partial charge >= 0.3 is 0 Å². The number of hydrogen-bond donors (Lipinski definition) is 2. The number of rotatable bonds is 4. The van der Waals surface area contributed by atoms with Crippen molar-refractivity contribution in [1.82, 2.24) is 19.6 Å². The minimum absolute atomic E-state index is 0.141. The first-order valence-electron chi connectivity index (χ1n) is 6.10. The van der Waals surface area contributed by atoms with Crippen LogP contribution in [0.15, 0.2) is 12.4 Å². The van der Waals surface area contributed by atoms with E-state index in [1.54, 1.807) is 4.68 Å². The molecule has 18 heavy (non-hydrogen) atoms. The quantitative estimate of drug-likeness (QED) is 0.863. The molecule has 2 aromatic rings. The highest BCUT2D eigenvalue weighted by Crippen LogP contribution is 2.26. The first-order chi connectivity index (χ1) is 8.52. The van der Waals surface area contributed by atoms with Gasteiger partial charge in [0.1, 0.15) is 5.82 Å². The molecule has 0 spiro atoms. The summed E-state index contributed by atoms with van der Waals surface area (Å²) < 4.78 is 3.68. The molecule has 0 fully saturated rings. The Morgan fingerprint density at radius 3 is 2.78 bits per heavy atom. The normalized spacial score (nSPS) is 12.7. The van der Waals surface area contributed by atoms with Gasteiger partial charge in [0.15, 0.2) is 0 Å². The van der Waals surface area contributed by atoms with Crippen molar-refractivity contribution in [2.45, 2.75) is 33.4 Å². The molecule has 0 radical (unpaired) electrons. The van der Waals surface area contributed by atoms with Gasteiger partial charge in [-0.2, -0.15) is 10.2 Å². The van der Waals surface area contributed by atoms with E-state index in [0.29, 0.717) is 5.69 Å². The number of hydrogen-bond acceptors (Lipinski definition) is 4. The minimum atomic E-state index is 0.141. The van der Waals surface area contributed by atoms with Gasteiger partial charge in [0.05, 0.1) is 23.6 Å². The molecule has 0 aromatic carbocycles. The predicted octanol–water partition coefficient (Wildman–Crippen LogP) is 1.70.